The maximum absolute atomic E-state index is 6.69. The van der Waals surface area contributed by atoms with Crippen LogP contribution in [0.2, 0.25) is 12.1 Å². The highest BCUT2D eigenvalue weighted by Crippen LogP contribution is 2.30. The molecule has 0 aliphatic heterocycles. The molecule has 0 unspecified atom stereocenters. The lowest BCUT2D eigenvalue weighted by Gasteiger charge is -2.16. The summed E-state index contributed by atoms with van der Waals surface area (Å²) in [6, 6.07) is 2.23. The van der Waals surface area contributed by atoms with Crippen LogP contribution >= 0.6 is 22.2 Å². The maximum atomic E-state index is 6.69. The van der Waals surface area contributed by atoms with E-state index in [0.717, 1.165) is 12.1 Å². The minimum Gasteiger partial charge on any atom is -0.146 e. The highest BCUT2D eigenvalue weighted by Gasteiger charge is 2.26. The summed E-state index contributed by atoms with van der Waals surface area (Å²) in [6.07, 6.45) is 30.7. The van der Waals surface area contributed by atoms with Gasteiger partial charge in [0.15, 0.2) is 0 Å². The Hall–Kier alpha value is 0.797. The van der Waals surface area contributed by atoms with E-state index in [1.165, 1.54) is 141 Å². The molecule has 0 nitrogen and oxygen atoms in total. The van der Waals surface area contributed by atoms with Gasteiger partial charge in [0.1, 0.15) is 0 Å². The molecule has 0 amide bonds. The summed E-state index contributed by atoms with van der Waals surface area (Å²) in [5.41, 5.74) is 0. The molecule has 0 aromatic carbocycles. The zero-order chi connectivity index (χ0) is 21.5. The molecule has 0 spiro atoms. The van der Waals surface area contributed by atoms with Gasteiger partial charge in [-0.05, 0) is 12.1 Å². The van der Waals surface area contributed by atoms with E-state index >= 15 is 0 Å². The second-order valence-electron chi connectivity index (χ2n) is 9.43. The van der Waals surface area contributed by atoms with Gasteiger partial charge in [0, 0.05) is 0 Å². The normalized spacial score (nSPS) is 12.0. The van der Waals surface area contributed by atoms with Gasteiger partial charge in [-0.1, -0.05) is 155 Å². The lowest BCUT2D eigenvalue weighted by molar-refractivity contribution is 0.552. The number of hydrogen-bond acceptors (Lipinski definition) is 0. The van der Waals surface area contributed by atoms with Gasteiger partial charge in [0.25, 0.3) is 6.69 Å². The van der Waals surface area contributed by atoms with Gasteiger partial charge in [-0.3, -0.25) is 0 Å². The summed E-state index contributed by atoms with van der Waals surface area (Å²) >= 11 is 13.4. The van der Waals surface area contributed by atoms with E-state index in [4.69, 9.17) is 22.2 Å². The van der Waals surface area contributed by atoms with E-state index in [1.807, 2.05) is 0 Å². The molecule has 0 heterocycles. The molecule has 0 rings (SSSR count). The third-order valence-corrected chi connectivity index (χ3v) is 10.7. The van der Waals surface area contributed by atoms with Gasteiger partial charge in [-0.25, -0.2) is 0 Å². The molecule has 0 N–H and O–H groups in total. The molecule has 0 aliphatic carbocycles. The molecule has 0 aliphatic rings. The Morgan fingerprint density at radius 1 is 0.345 bits per heavy atom. The second-order valence-corrected chi connectivity index (χ2v) is 17.1. The molecular weight excluding hydrogens is 411 g/mol. The molecule has 3 heteroatoms. The average Bonchev–Trinajstić information content (AvgIpc) is 2.70. The zero-order valence-electron chi connectivity index (χ0n) is 20.2. The highest BCUT2D eigenvalue weighted by atomic mass is 35.7. The number of halogens is 2. The minimum absolute atomic E-state index is 1.12. The molecule has 0 saturated heterocycles. The molecule has 0 saturated carbocycles. The van der Waals surface area contributed by atoms with Crippen LogP contribution in [0.3, 0.4) is 0 Å². The van der Waals surface area contributed by atoms with Gasteiger partial charge >= 0.3 is 0 Å². The fourth-order valence-corrected chi connectivity index (χ4v) is 7.61. The van der Waals surface area contributed by atoms with Crippen molar-refractivity contribution in [1.29, 1.82) is 0 Å². The Morgan fingerprint density at radius 3 is 0.793 bits per heavy atom. The van der Waals surface area contributed by atoms with Crippen LogP contribution in [-0.2, 0) is 0 Å². The van der Waals surface area contributed by atoms with E-state index in [2.05, 4.69) is 13.8 Å². The Kier molecular flexibility index (Phi) is 24.1. The molecular formula is C26H54Cl2Si. The van der Waals surface area contributed by atoms with E-state index in [1.54, 1.807) is 0 Å². The van der Waals surface area contributed by atoms with Crippen molar-refractivity contribution in [2.45, 2.75) is 167 Å². The molecule has 0 radical (unpaired) electrons. The van der Waals surface area contributed by atoms with Crippen molar-refractivity contribution in [3.05, 3.63) is 0 Å². The number of hydrogen-bond donors (Lipinski definition) is 0. The van der Waals surface area contributed by atoms with Crippen LogP contribution in [0.1, 0.15) is 155 Å². The van der Waals surface area contributed by atoms with Crippen LogP contribution in [0.25, 0.3) is 0 Å². The van der Waals surface area contributed by atoms with Crippen LogP contribution in [0.4, 0.5) is 0 Å². The van der Waals surface area contributed by atoms with Crippen molar-refractivity contribution in [2.75, 3.05) is 0 Å². The summed E-state index contributed by atoms with van der Waals surface area (Å²) < 4.78 is 0. The molecule has 0 aromatic heterocycles. The quantitative estimate of drug-likeness (QED) is 0.0755. The van der Waals surface area contributed by atoms with Crippen LogP contribution in [-0.4, -0.2) is 6.69 Å². The van der Waals surface area contributed by atoms with Crippen molar-refractivity contribution in [3.63, 3.8) is 0 Å². The molecule has 0 fully saturated rings. The standard InChI is InChI=1S/C26H54Cl2Si/c1-3-5-7-9-11-13-15-17-19-21-23-25-29(27,28)26-24-22-20-18-16-14-12-10-8-6-4-2/h3-26H2,1-2H3. The Morgan fingerprint density at radius 2 is 0.552 bits per heavy atom. The molecule has 176 valence electrons. The Balaban J connectivity index is 3.30. The van der Waals surface area contributed by atoms with Crippen LogP contribution in [0.15, 0.2) is 0 Å². The third-order valence-electron chi connectivity index (χ3n) is 6.29. The highest BCUT2D eigenvalue weighted by molar-refractivity contribution is 7.45. The molecule has 0 atom stereocenters. The lowest BCUT2D eigenvalue weighted by Crippen LogP contribution is -2.18. The van der Waals surface area contributed by atoms with Crippen molar-refractivity contribution in [3.8, 4) is 0 Å². The van der Waals surface area contributed by atoms with Gasteiger partial charge in [0.05, 0.1) is 0 Å². The maximum Gasteiger partial charge on any atom is 0.251 e. The molecule has 0 bridgehead atoms. The largest absolute Gasteiger partial charge is 0.251 e. The van der Waals surface area contributed by atoms with Crippen molar-refractivity contribution < 1.29 is 0 Å². The summed E-state index contributed by atoms with van der Waals surface area (Å²) in [4.78, 5) is 0. The monoisotopic (exact) mass is 464 g/mol. The first-order chi connectivity index (χ1) is 14.1. The SMILES string of the molecule is CCCCCCCCCCCCC[Si](Cl)(Cl)CCCCCCCCCCCCC. The summed E-state index contributed by atoms with van der Waals surface area (Å²) in [5.74, 6) is 0. The van der Waals surface area contributed by atoms with Crippen molar-refractivity contribution in [1.82, 2.24) is 0 Å². The van der Waals surface area contributed by atoms with Crippen molar-refractivity contribution >= 4 is 28.9 Å². The first kappa shape index (κ1) is 29.8. The average molecular weight is 466 g/mol. The first-order valence-electron chi connectivity index (χ1n) is 13.5. The summed E-state index contributed by atoms with van der Waals surface area (Å²) in [6.45, 7) is 2.63. The minimum atomic E-state index is -1.95. The second kappa shape index (κ2) is 23.5. The zero-order valence-corrected chi connectivity index (χ0v) is 22.7. The predicted molar refractivity (Wildman–Crippen MR) is 140 cm³/mol. The van der Waals surface area contributed by atoms with Gasteiger partial charge in [-0.2, -0.15) is 0 Å². The molecule has 29 heavy (non-hydrogen) atoms. The van der Waals surface area contributed by atoms with E-state index < -0.39 is 6.69 Å². The topological polar surface area (TPSA) is 0 Å². The summed E-state index contributed by atoms with van der Waals surface area (Å²) in [5, 5.41) is 0. The Labute approximate surface area is 195 Å². The fraction of sp³-hybridized carbons (Fsp3) is 1.00. The summed E-state index contributed by atoms with van der Waals surface area (Å²) in [7, 11) is 0. The van der Waals surface area contributed by atoms with Crippen LogP contribution < -0.4 is 0 Å². The fourth-order valence-electron chi connectivity index (χ4n) is 4.22. The number of rotatable bonds is 24. The smallest absolute Gasteiger partial charge is 0.146 e. The van der Waals surface area contributed by atoms with Crippen molar-refractivity contribution in [2.24, 2.45) is 0 Å². The van der Waals surface area contributed by atoms with Crippen LogP contribution in [0.5, 0.6) is 0 Å². The first-order valence-corrected chi connectivity index (χ1v) is 17.9. The Bertz CT molecular complexity index is 279. The van der Waals surface area contributed by atoms with E-state index in [0.29, 0.717) is 0 Å². The van der Waals surface area contributed by atoms with Gasteiger partial charge < -0.3 is 0 Å². The predicted octanol–water partition coefficient (Wildman–Crippen LogP) is 11.5. The van der Waals surface area contributed by atoms with Crippen LogP contribution in [0, 0.1) is 0 Å². The lowest BCUT2D eigenvalue weighted by atomic mass is 10.1. The molecule has 0 aromatic rings. The third kappa shape index (κ3) is 24.9. The number of unbranched alkanes of at least 4 members (excludes halogenated alkanes) is 20. The van der Waals surface area contributed by atoms with E-state index in [-0.39, 0.29) is 0 Å². The van der Waals surface area contributed by atoms with E-state index in [9.17, 15) is 0 Å². The van der Waals surface area contributed by atoms with Gasteiger partial charge in [-0.15, -0.1) is 22.2 Å². The van der Waals surface area contributed by atoms with Gasteiger partial charge in [0.2, 0.25) is 0 Å².